The Morgan fingerprint density at radius 3 is 1.83 bits per heavy atom. The molecule has 1 aliphatic carbocycles. The standard InChI is InChI=1S/C41H24N4O/c1-3-10-24(11-4-1)38-43-39(25-12-5-2-6-13-25)45-40(44-38)34-23-42-41-37(34)32-19-18-26(22-35(32)46-41)28-20-27-14-9-17-31-29-15-7-8-16-30(29)33(21-28)36(27)31/h1-23,42H. The molecule has 0 saturated carbocycles. The number of fused-ring (bicyclic) bond motifs is 6. The zero-order valence-electron chi connectivity index (χ0n) is 24.5. The lowest BCUT2D eigenvalue weighted by Gasteiger charge is -2.08. The summed E-state index contributed by atoms with van der Waals surface area (Å²) < 4.78 is 6.43. The molecule has 5 heteroatoms. The number of hydrogen-bond donors (Lipinski definition) is 1. The molecule has 3 aromatic heterocycles. The minimum absolute atomic E-state index is 0.595. The monoisotopic (exact) mass is 588 g/mol. The molecule has 0 aliphatic heterocycles. The zero-order chi connectivity index (χ0) is 30.2. The van der Waals surface area contributed by atoms with E-state index in [-0.39, 0.29) is 0 Å². The number of furan rings is 1. The second-order valence-electron chi connectivity index (χ2n) is 11.7. The van der Waals surface area contributed by atoms with Crippen molar-refractivity contribution < 1.29 is 4.42 Å². The Morgan fingerprint density at radius 2 is 1.09 bits per heavy atom. The second kappa shape index (κ2) is 9.58. The number of rotatable bonds is 4. The van der Waals surface area contributed by atoms with Gasteiger partial charge in [-0.1, -0.05) is 109 Å². The van der Waals surface area contributed by atoms with Crippen molar-refractivity contribution in [2.24, 2.45) is 0 Å². The molecule has 10 rings (SSSR count). The van der Waals surface area contributed by atoms with E-state index >= 15 is 0 Å². The maximum Gasteiger partial charge on any atom is 0.206 e. The van der Waals surface area contributed by atoms with Gasteiger partial charge < -0.3 is 9.40 Å². The number of nitrogens with zero attached hydrogens (tertiary/aromatic N) is 3. The Hall–Kier alpha value is -6.33. The van der Waals surface area contributed by atoms with Crippen LogP contribution in [0.4, 0.5) is 0 Å². The van der Waals surface area contributed by atoms with Crippen molar-refractivity contribution in [2.45, 2.75) is 0 Å². The summed E-state index contributed by atoms with van der Waals surface area (Å²) in [5.74, 6) is 1.85. The summed E-state index contributed by atoms with van der Waals surface area (Å²) in [6.45, 7) is 0. The van der Waals surface area contributed by atoms with Crippen molar-refractivity contribution in [3.63, 3.8) is 0 Å². The van der Waals surface area contributed by atoms with Crippen LogP contribution in [0.15, 0.2) is 144 Å². The summed E-state index contributed by atoms with van der Waals surface area (Å²) in [6, 6.07) is 46.4. The van der Waals surface area contributed by atoms with E-state index in [0.717, 1.165) is 44.2 Å². The van der Waals surface area contributed by atoms with Crippen molar-refractivity contribution in [2.75, 3.05) is 0 Å². The highest BCUT2D eigenvalue weighted by Crippen LogP contribution is 2.49. The van der Waals surface area contributed by atoms with Gasteiger partial charge in [-0.05, 0) is 68.4 Å². The van der Waals surface area contributed by atoms with Crippen LogP contribution in [-0.2, 0) is 0 Å². The topological polar surface area (TPSA) is 67.6 Å². The SMILES string of the molecule is c1ccc(-c2nc(-c3ccccc3)nc(-c3c[nH]c4oc5cc(-c6cc7c8c(cccc8c6)-c6ccccc6-7)ccc5c34)n2)cc1. The number of hydrogen-bond acceptors (Lipinski definition) is 4. The van der Waals surface area contributed by atoms with Crippen molar-refractivity contribution in [3.8, 4) is 67.5 Å². The number of benzene rings is 6. The van der Waals surface area contributed by atoms with Crippen LogP contribution in [0, 0.1) is 0 Å². The highest BCUT2D eigenvalue weighted by atomic mass is 16.3. The molecular weight excluding hydrogens is 564 g/mol. The minimum atomic E-state index is 0.595. The average Bonchev–Trinajstić information content (AvgIpc) is 3.80. The molecule has 214 valence electrons. The summed E-state index contributed by atoms with van der Waals surface area (Å²) in [4.78, 5) is 18.1. The molecule has 3 heterocycles. The van der Waals surface area contributed by atoms with Crippen LogP contribution in [0.1, 0.15) is 0 Å². The van der Waals surface area contributed by atoms with Gasteiger partial charge in [0.1, 0.15) is 5.58 Å². The third-order valence-corrected chi connectivity index (χ3v) is 9.06. The van der Waals surface area contributed by atoms with Gasteiger partial charge in [0.2, 0.25) is 5.71 Å². The normalized spacial score (nSPS) is 11.9. The molecule has 1 aliphatic rings. The van der Waals surface area contributed by atoms with Crippen LogP contribution >= 0.6 is 0 Å². The van der Waals surface area contributed by atoms with E-state index < -0.39 is 0 Å². The third kappa shape index (κ3) is 3.72. The van der Waals surface area contributed by atoms with Crippen molar-refractivity contribution in [1.82, 2.24) is 19.9 Å². The number of nitrogens with one attached hydrogen (secondary N) is 1. The van der Waals surface area contributed by atoms with Gasteiger partial charge in [0.25, 0.3) is 0 Å². The molecule has 1 N–H and O–H groups in total. The summed E-state index contributed by atoms with van der Waals surface area (Å²) >= 11 is 0. The fourth-order valence-corrected chi connectivity index (χ4v) is 6.94. The lowest BCUT2D eigenvalue weighted by atomic mass is 9.95. The maximum atomic E-state index is 6.43. The molecule has 0 fully saturated rings. The van der Waals surface area contributed by atoms with Gasteiger partial charge >= 0.3 is 0 Å². The van der Waals surface area contributed by atoms with Crippen LogP contribution in [0.3, 0.4) is 0 Å². The zero-order valence-corrected chi connectivity index (χ0v) is 24.5. The van der Waals surface area contributed by atoms with Crippen LogP contribution in [0.25, 0.3) is 100 Å². The Morgan fingerprint density at radius 1 is 0.435 bits per heavy atom. The summed E-state index contributed by atoms with van der Waals surface area (Å²) in [7, 11) is 0. The summed E-state index contributed by atoms with van der Waals surface area (Å²) in [5, 5.41) is 4.54. The molecule has 5 nitrogen and oxygen atoms in total. The van der Waals surface area contributed by atoms with E-state index in [0.29, 0.717) is 23.2 Å². The van der Waals surface area contributed by atoms with Crippen molar-refractivity contribution in [1.29, 1.82) is 0 Å². The van der Waals surface area contributed by atoms with Gasteiger partial charge in [-0.3, -0.25) is 0 Å². The Labute approximate surface area is 263 Å². The van der Waals surface area contributed by atoms with Crippen LogP contribution < -0.4 is 0 Å². The Kier molecular flexibility index (Phi) is 5.22. The number of H-pyrrole nitrogens is 1. The van der Waals surface area contributed by atoms with Crippen molar-refractivity contribution in [3.05, 3.63) is 140 Å². The molecular formula is C41H24N4O. The largest absolute Gasteiger partial charge is 0.440 e. The lowest BCUT2D eigenvalue weighted by Crippen LogP contribution is -1.99. The fraction of sp³-hybridized carbons (Fsp3) is 0. The molecule has 0 atom stereocenters. The highest BCUT2D eigenvalue weighted by molar-refractivity contribution is 6.17. The summed E-state index contributed by atoms with van der Waals surface area (Å²) in [5.41, 5.74) is 11.7. The van der Waals surface area contributed by atoms with E-state index in [2.05, 4.69) is 77.8 Å². The van der Waals surface area contributed by atoms with Gasteiger partial charge in [-0.25, -0.2) is 15.0 Å². The molecule has 9 aromatic rings. The van der Waals surface area contributed by atoms with E-state index in [1.807, 2.05) is 66.9 Å². The van der Waals surface area contributed by atoms with E-state index in [1.165, 1.54) is 33.0 Å². The van der Waals surface area contributed by atoms with Crippen LogP contribution in [-0.4, -0.2) is 19.9 Å². The first-order valence-electron chi connectivity index (χ1n) is 15.4. The molecule has 46 heavy (non-hydrogen) atoms. The van der Waals surface area contributed by atoms with Crippen LogP contribution in [0.5, 0.6) is 0 Å². The van der Waals surface area contributed by atoms with Crippen LogP contribution in [0.2, 0.25) is 0 Å². The Bertz CT molecular complexity index is 2580. The van der Waals surface area contributed by atoms with Gasteiger partial charge in [-0.2, -0.15) is 0 Å². The van der Waals surface area contributed by atoms with Gasteiger partial charge in [-0.15, -0.1) is 0 Å². The molecule has 0 amide bonds. The highest BCUT2D eigenvalue weighted by Gasteiger charge is 2.23. The first kappa shape index (κ1) is 25.0. The molecule has 0 radical (unpaired) electrons. The molecule has 0 bridgehead atoms. The lowest BCUT2D eigenvalue weighted by molar-refractivity contribution is 0.656. The maximum absolute atomic E-state index is 6.43. The number of aromatic amines is 1. The number of aromatic nitrogens is 4. The summed E-state index contributed by atoms with van der Waals surface area (Å²) in [6.07, 6.45) is 1.93. The van der Waals surface area contributed by atoms with Gasteiger partial charge in [0.15, 0.2) is 17.5 Å². The van der Waals surface area contributed by atoms with E-state index in [4.69, 9.17) is 19.4 Å². The first-order chi connectivity index (χ1) is 22.8. The second-order valence-corrected chi connectivity index (χ2v) is 11.7. The average molecular weight is 589 g/mol. The minimum Gasteiger partial charge on any atom is -0.440 e. The quantitative estimate of drug-likeness (QED) is 0.222. The van der Waals surface area contributed by atoms with E-state index in [1.54, 1.807) is 0 Å². The Balaban J connectivity index is 1.13. The molecule has 6 aromatic carbocycles. The first-order valence-corrected chi connectivity index (χ1v) is 15.4. The smallest absolute Gasteiger partial charge is 0.206 e. The van der Waals surface area contributed by atoms with Gasteiger partial charge in [0.05, 0.1) is 5.39 Å². The molecule has 0 spiro atoms. The predicted molar refractivity (Wildman–Crippen MR) is 185 cm³/mol. The fourth-order valence-electron chi connectivity index (χ4n) is 6.94. The van der Waals surface area contributed by atoms with E-state index in [9.17, 15) is 0 Å². The third-order valence-electron chi connectivity index (χ3n) is 9.06. The van der Waals surface area contributed by atoms with Gasteiger partial charge in [0, 0.05) is 28.3 Å². The van der Waals surface area contributed by atoms with Crippen molar-refractivity contribution >= 4 is 32.8 Å². The predicted octanol–water partition coefficient (Wildman–Crippen LogP) is 10.6. The molecule has 0 saturated heterocycles. The molecule has 0 unspecified atom stereocenters.